The molecule has 0 radical (unpaired) electrons. The zero-order valence-electron chi connectivity index (χ0n) is 9.89. The van der Waals surface area contributed by atoms with Gasteiger partial charge in [0.2, 0.25) is 0 Å². The molecule has 0 spiro atoms. The van der Waals surface area contributed by atoms with Crippen LogP contribution in [0.3, 0.4) is 0 Å². The molecule has 0 aromatic heterocycles. The molecule has 1 heterocycles. The van der Waals surface area contributed by atoms with E-state index in [4.69, 9.17) is 16.3 Å². The van der Waals surface area contributed by atoms with Crippen molar-refractivity contribution in [3.8, 4) is 5.75 Å². The maximum absolute atomic E-state index is 10.6. The van der Waals surface area contributed by atoms with Gasteiger partial charge in [0.1, 0.15) is 12.4 Å². The minimum atomic E-state index is -0.474. The molecule has 1 aliphatic heterocycles. The third-order valence-corrected chi connectivity index (χ3v) is 3.27. The molecule has 1 aromatic carbocycles. The van der Waals surface area contributed by atoms with Crippen LogP contribution in [0.25, 0.3) is 0 Å². The Morgan fingerprint density at radius 1 is 1.50 bits per heavy atom. The van der Waals surface area contributed by atoms with Crippen molar-refractivity contribution < 1.29 is 9.66 Å². The van der Waals surface area contributed by atoms with E-state index < -0.39 is 4.92 Å². The number of hydrogen-bond acceptors (Lipinski definition) is 4. The number of nitrogens with zero attached hydrogens (tertiary/aromatic N) is 1. The van der Waals surface area contributed by atoms with Crippen LogP contribution in [0.15, 0.2) is 18.2 Å². The summed E-state index contributed by atoms with van der Waals surface area (Å²) in [7, 11) is 0. The molecule has 1 N–H and O–H groups in total. The van der Waals surface area contributed by atoms with Gasteiger partial charge in [0.15, 0.2) is 0 Å². The van der Waals surface area contributed by atoms with Gasteiger partial charge in [0.05, 0.1) is 9.95 Å². The van der Waals surface area contributed by atoms with Gasteiger partial charge in [0, 0.05) is 18.2 Å². The Hall–Kier alpha value is -1.33. The van der Waals surface area contributed by atoms with E-state index in [9.17, 15) is 10.1 Å². The van der Waals surface area contributed by atoms with Gasteiger partial charge in [0.25, 0.3) is 5.69 Å². The molecule has 1 unspecified atom stereocenters. The van der Waals surface area contributed by atoms with E-state index in [1.54, 1.807) is 6.07 Å². The summed E-state index contributed by atoms with van der Waals surface area (Å²) in [5.41, 5.74) is -0.0249. The topological polar surface area (TPSA) is 64.4 Å². The van der Waals surface area contributed by atoms with Crippen molar-refractivity contribution in [3.05, 3.63) is 33.3 Å². The van der Waals surface area contributed by atoms with Crippen molar-refractivity contribution in [2.24, 2.45) is 0 Å². The van der Waals surface area contributed by atoms with Crippen LogP contribution in [0.1, 0.15) is 19.3 Å². The summed E-state index contributed by atoms with van der Waals surface area (Å²) in [6, 6.07) is 4.59. The standard InChI is InChI=1S/C12H15ClN2O3/c13-11-7-10(15(16)17)4-5-12(11)18-8-9-3-1-2-6-14-9/h4-5,7,9,14H,1-3,6,8H2. The maximum Gasteiger partial charge on any atom is 0.271 e. The number of rotatable bonds is 4. The smallest absolute Gasteiger partial charge is 0.271 e. The number of ether oxygens (including phenoxy) is 1. The summed E-state index contributed by atoms with van der Waals surface area (Å²) in [5, 5.41) is 14.2. The van der Waals surface area contributed by atoms with Gasteiger partial charge in [-0.1, -0.05) is 18.0 Å². The highest BCUT2D eigenvalue weighted by Crippen LogP contribution is 2.28. The van der Waals surface area contributed by atoms with Crippen molar-refractivity contribution in [3.63, 3.8) is 0 Å². The molecular weight excluding hydrogens is 256 g/mol. The van der Waals surface area contributed by atoms with Crippen LogP contribution >= 0.6 is 11.6 Å². The number of piperidine rings is 1. The van der Waals surface area contributed by atoms with Crippen molar-refractivity contribution in [2.45, 2.75) is 25.3 Å². The second-order valence-corrected chi connectivity index (χ2v) is 4.74. The van der Waals surface area contributed by atoms with Gasteiger partial charge in [-0.2, -0.15) is 0 Å². The first kappa shape index (κ1) is 13.1. The number of nitrogens with one attached hydrogen (secondary N) is 1. The van der Waals surface area contributed by atoms with E-state index in [0.717, 1.165) is 13.0 Å². The number of hydrogen-bond donors (Lipinski definition) is 1. The molecule has 5 nitrogen and oxygen atoms in total. The Morgan fingerprint density at radius 3 is 2.94 bits per heavy atom. The lowest BCUT2D eigenvalue weighted by Crippen LogP contribution is -2.38. The molecule has 1 saturated heterocycles. The SMILES string of the molecule is O=[N+]([O-])c1ccc(OCC2CCCCN2)c(Cl)c1. The molecule has 1 atom stereocenters. The lowest BCUT2D eigenvalue weighted by Gasteiger charge is -2.23. The van der Waals surface area contributed by atoms with Gasteiger partial charge < -0.3 is 10.1 Å². The average Bonchev–Trinajstić information content (AvgIpc) is 2.38. The number of halogens is 1. The van der Waals surface area contributed by atoms with Crippen LogP contribution in [-0.4, -0.2) is 24.1 Å². The van der Waals surface area contributed by atoms with Crippen molar-refractivity contribution in [1.29, 1.82) is 0 Å². The number of nitro benzene ring substituents is 1. The molecule has 0 amide bonds. The number of non-ortho nitro benzene ring substituents is 1. The van der Waals surface area contributed by atoms with Gasteiger partial charge in [-0.15, -0.1) is 0 Å². The van der Waals surface area contributed by atoms with E-state index in [0.29, 0.717) is 18.4 Å². The third kappa shape index (κ3) is 3.34. The molecule has 0 bridgehead atoms. The van der Waals surface area contributed by atoms with Crippen molar-refractivity contribution >= 4 is 17.3 Å². The summed E-state index contributed by atoms with van der Waals surface area (Å²) < 4.78 is 5.59. The molecule has 6 heteroatoms. The van der Waals surface area contributed by atoms with Gasteiger partial charge >= 0.3 is 0 Å². The molecule has 0 saturated carbocycles. The van der Waals surface area contributed by atoms with Crippen LogP contribution in [0, 0.1) is 10.1 Å². The van der Waals surface area contributed by atoms with Gasteiger partial charge in [-0.3, -0.25) is 10.1 Å². The van der Waals surface area contributed by atoms with E-state index >= 15 is 0 Å². The van der Waals surface area contributed by atoms with E-state index in [1.165, 1.54) is 25.0 Å². The van der Waals surface area contributed by atoms with E-state index in [-0.39, 0.29) is 10.7 Å². The predicted octanol–water partition coefficient (Wildman–Crippen LogP) is 2.77. The fourth-order valence-corrected chi connectivity index (χ4v) is 2.21. The first-order valence-corrected chi connectivity index (χ1v) is 6.35. The summed E-state index contributed by atoms with van der Waals surface area (Å²) >= 11 is 5.94. The molecule has 1 aliphatic rings. The van der Waals surface area contributed by atoms with Crippen LogP contribution in [0.4, 0.5) is 5.69 Å². The van der Waals surface area contributed by atoms with E-state index in [2.05, 4.69) is 5.32 Å². The van der Waals surface area contributed by atoms with Crippen LogP contribution in [-0.2, 0) is 0 Å². The molecule has 98 valence electrons. The number of nitro groups is 1. The fourth-order valence-electron chi connectivity index (χ4n) is 1.98. The Morgan fingerprint density at radius 2 is 2.33 bits per heavy atom. The van der Waals surface area contributed by atoms with Crippen LogP contribution in [0.5, 0.6) is 5.75 Å². The Kier molecular flexibility index (Phi) is 4.38. The minimum Gasteiger partial charge on any atom is -0.490 e. The Bertz CT molecular complexity index is 433. The monoisotopic (exact) mass is 270 g/mol. The minimum absolute atomic E-state index is 0.0249. The fraction of sp³-hybridized carbons (Fsp3) is 0.500. The van der Waals surface area contributed by atoms with Crippen molar-refractivity contribution in [2.75, 3.05) is 13.2 Å². The highest BCUT2D eigenvalue weighted by molar-refractivity contribution is 6.32. The predicted molar refractivity (Wildman–Crippen MR) is 69.2 cm³/mol. The second kappa shape index (κ2) is 6.02. The van der Waals surface area contributed by atoms with Gasteiger partial charge in [-0.25, -0.2) is 0 Å². The van der Waals surface area contributed by atoms with E-state index in [1.807, 2.05) is 0 Å². The quantitative estimate of drug-likeness (QED) is 0.675. The zero-order valence-corrected chi connectivity index (χ0v) is 10.7. The molecule has 18 heavy (non-hydrogen) atoms. The molecule has 1 fully saturated rings. The zero-order chi connectivity index (χ0) is 13.0. The van der Waals surface area contributed by atoms with Crippen molar-refractivity contribution in [1.82, 2.24) is 5.32 Å². The molecule has 2 rings (SSSR count). The van der Waals surface area contributed by atoms with Gasteiger partial charge in [-0.05, 0) is 25.5 Å². The lowest BCUT2D eigenvalue weighted by molar-refractivity contribution is -0.384. The summed E-state index contributed by atoms with van der Waals surface area (Å²) in [6.07, 6.45) is 3.49. The number of benzene rings is 1. The summed E-state index contributed by atoms with van der Waals surface area (Å²) in [5.74, 6) is 0.495. The van der Waals surface area contributed by atoms with Crippen LogP contribution < -0.4 is 10.1 Å². The average molecular weight is 271 g/mol. The largest absolute Gasteiger partial charge is 0.490 e. The first-order chi connectivity index (χ1) is 8.66. The maximum atomic E-state index is 10.6. The highest BCUT2D eigenvalue weighted by atomic mass is 35.5. The van der Waals surface area contributed by atoms with Crippen LogP contribution in [0.2, 0.25) is 5.02 Å². The third-order valence-electron chi connectivity index (χ3n) is 2.98. The lowest BCUT2D eigenvalue weighted by atomic mass is 10.1. The normalized spacial score (nSPS) is 19.5. The molecular formula is C12H15ClN2O3. The summed E-state index contributed by atoms with van der Waals surface area (Å²) in [4.78, 5) is 10.1. The second-order valence-electron chi connectivity index (χ2n) is 4.33. The highest BCUT2D eigenvalue weighted by Gasteiger charge is 2.15. The Balaban J connectivity index is 1.94. The first-order valence-electron chi connectivity index (χ1n) is 5.97. The molecule has 0 aliphatic carbocycles. The Labute approximate surface area is 110 Å². The molecule has 1 aromatic rings. The summed E-state index contributed by atoms with van der Waals surface area (Å²) in [6.45, 7) is 1.56.